The molecule has 21 heavy (non-hydrogen) atoms. The standard InChI is InChI=1S/C16H23N3O2/c1-21-15-10-13(4-5-14(15)17)16(20)19-8-6-18(7-9-19)11-12-2-3-12/h4-5,10,12H,2-3,6-9,11,17H2,1H3. The molecule has 1 saturated carbocycles. The van der Waals surface area contributed by atoms with Crippen molar-refractivity contribution in [3.8, 4) is 5.75 Å². The molecule has 0 bridgehead atoms. The van der Waals surface area contributed by atoms with Crippen LogP contribution in [-0.2, 0) is 0 Å². The Morgan fingerprint density at radius 3 is 2.62 bits per heavy atom. The van der Waals surface area contributed by atoms with Crippen molar-refractivity contribution in [2.24, 2.45) is 5.92 Å². The van der Waals surface area contributed by atoms with Crippen molar-refractivity contribution < 1.29 is 9.53 Å². The number of carbonyl (C=O) groups excluding carboxylic acids is 1. The van der Waals surface area contributed by atoms with Crippen LogP contribution in [0.1, 0.15) is 23.2 Å². The molecule has 1 heterocycles. The molecule has 2 N–H and O–H groups in total. The van der Waals surface area contributed by atoms with Gasteiger partial charge in [0.05, 0.1) is 12.8 Å². The van der Waals surface area contributed by atoms with Crippen LogP contribution in [0.25, 0.3) is 0 Å². The van der Waals surface area contributed by atoms with E-state index in [1.807, 2.05) is 4.90 Å². The highest BCUT2D eigenvalue weighted by atomic mass is 16.5. The summed E-state index contributed by atoms with van der Waals surface area (Å²) < 4.78 is 5.19. The largest absolute Gasteiger partial charge is 0.495 e. The molecule has 2 fully saturated rings. The molecule has 3 rings (SSSR count). The smallest absolute Gasteiger partial charge is 0.254 e. The first kappa shape index (κ1) is 14.2. The summed E-state index contributed by atoms with van der Waals surface area (Å²) in [6.45, 7) is 4.77. The van der Waals surface area contributed by atoms with Crippen LogP contribution >= 0.6 is 0 Å². The molecule has 0 atom stereocenters. The van der Waals surface area contributed by atoms with Gasteiger partial charge in [-0.1, -0.05) is 0 Å². The fourth-order valence-electron chi connectivity index (χ4n) is 2.83. The summed E-state index contributed by atoms with van der Waals surface area (Å²) in [6, 6.07) is 5.24. The Labute approximate surface area is 125 Å². The minimum atomic E-state index is 0.0689. The number of benzene rings is 1. The van der Waals surface area contributed by atoms with E-state index in [-0.39, 0.29) is 5.91 Å². The van der Waals surface area contributed by atoms with E-state index >= 15 is 0 Å². The summed E-state index contributed by atoms with van der Waals surface area (Å²) in [5, 5.41) is 0. The van der Waals surface area contributed by atoms with E-state index in [0.717, 1.165) is 32.1 Å². The van der Waals surface area contributed by atoms with Crippen molar-refractivity contribution in [1.82, 2.24) is 9.80 Å². The number of nitrogens with two attached hydrogens (primary N) is 1. The average molecular weight is 289 g/mol. The SMILES string of the molecule is COc1cc(C(=O)N2CCN(CC3CC3)CC2)ccc1N. The number of hydrogen-bond acceptors (Lipinski definition) is 4. The predicted octanol–water partition coefficient (Wildman–Crippen LogP) is 1.45. The fraction of sp³-hybridized carbons (Fsp3) is 0.562. The predicted molar refractivity (Wildman–Crippen MR) is 82.5 cm³/mol. The maximum atomic E-state index is 12.5. The van der Waals surface area contributed by atoms with Crippen molar-refractivity contribution in [2.75, 3.05) is 45.6 Å². The molecule has 0 aromatic heterocycles. The van der Waals surface area contributed by atoms with Gasteiger partial charge in [-0.15, -0.1) is 0 Å². The van der Waals surface area contributed by atoms with Crippen LogP contribution < -0.4 is 10.5 Å². The van der Waals surface area contributed by atoms with Gasteiger partial charge in [-0.25, -0.2) is 0 Å². The van der Waals surface area contributed by atoms with E-state index < -0.39 is 0 Å². The van der Waals surface area contributed by atoms with Gasteiger partial charge in [0, 0.05) is 38.3 Å². The van der Waals surface area contributed by atoms with Crippen LogP contribution in [0.3, 0.4) is 0 Å². The number of ether oxygens (including phenoxy) is 1. The molecule has 1 saturated heterocycles. The Kier molecular flexibility index (Phi) is 4.01. The van der Waals surface area contributed by atoms with E-state index in [1.54, 1.807) is 25.3 Å². The normalized spacial score (nSPS) is 19.6. The first-order valence-corrected chi connectivity index (χ1v) is 7.62. The zero-order valence-electron chi connectivity index (χ0n) is 12.5. The van der Waals surface area contributed by atoms with E-state index in [9.17, 15) is 4.79 Å². The van der Waals surface area contributed by atoms with Crippen molar-refractivity contribution >= 4 is 11.6 Å². The Hall–Kier alpha value is -1.75. The molecule has 1 aromatic rings. The lowest BCUT2D eigenvalue weighted by Gasteiger charge is -2.34. The fourth-order valence-corrected chi connectivity index (χ4v) is 2.83. The first-order chi connectivity index (χ1) is 10.2. The first-order valence-electron chi connectivity index (χ1n) is 7.62. The molecule has 1 aromatic carbocycles. The number of hydrogen-bond donors (Lipinski definition) is 1. The zero-order chi connectivity index (χ0) is 14.8. The van der Waals surface area contributed by atoms with Crippen molar-refractivity contribution in [3.05, 3.63) is 23.8 Å². The van der Waals surface area contributed by atoms with Gasteiger partial charge < -0.3 is 15.4 Å². The summed E-state index contributed by atoms with van der Waals surface area (Å²) in [5.41, 5.74) is 7.00. The number of carbonyl (C=O) groups is 1. The number of rotatable bonds is 4. The highest BCUT2D eigenvalue weighted by Crippen LogP contribution is 2.30. The highest BCUT2D eigenvalue weighted by molar-refractivity contribution is 5.95. The maximum Gasteiger partial charge on any atom is 0.254 e. The lowest BCUT2D eigenvalue weighted by atomic mass is 10.1. The van der Waals surface area contributed by atoms with Crippen LogP contribution in [0.4, 0.5) is 5.69 Å². The molecule has 1 amide bonds. The van der Waals surface area contributed by atoms with Gasteiger partial charge in [0.25, 0.3) is 5.91 Å². The molecular formula is C16H23N3O2. The molecule has 5 heteroatoms. The molecule has 0 spiro atoms. The Morgan fingerprint density at radius 2 is 2.00 bits per heavy atom. The van der Waals surface area contributed by atoms with Crippen LogP contribution in [-0.4, -0.2) is 55.5 Å². The summed E-state index contributed by atoms with van der Waals surface area (Å²) in [5.74, 6) is 1.54. The van der Waals surface area contributed by atoms with Gasteiger partial charge in [0.15, 0.2) is 0 Å². The topological polar surface area (TPSA) is 58.8 Å². The second-order valence-corrected chi connectivity index (χ2v) is 5.99. The number of nitrogen functional groups attached to an aromatic ring is 1. The highest BCUT2D eigenvalue weighted by Gasteiger charge is 2.28. The number of piperazine rings is 1. The molecule has 1 aliphatic heterocycles. The summed E-state index contributed by atoms with van der Waals surface area (Å²) in [7, 11) is 1.57. The molecular weight excluding hydrogens is 266 g/mol. The Balaban J connectivity index is 1.60. The van der Waals surface area contributed by atoms with E-state index in [4.69, 9.17) is 10.5 Å². The molecule has 0 radical (unpaired) electrons. The summed E-state index contributed by atoms with van der Waals surface area (Å²) >= 11 is 0. The third-order valence-corrected chi connectivity index (χ3v) is 4.35. The average Bonchev–Trinajstić information content (AvgIpc) is 3.32. The van der Waals surface area contributed by atoms with Gasteiger partial charge in [-0.05, 0) is 37.0 Å². The molecule has 5 nitrogen and oxygen atoms in total. The quantitative estimate of drug-likeness (QED) is 0.852. The maximum absolute atomic E-state index is 12.5. The number of amides is 1. The van der Waals surface area contributed by atoms with E-state index in [2.05, 4.69) is 4.90 Å². The minimum Gasteiger partial charge on any atom is -0.495 e. The van der Waals surface area contributed by atoms with E-state index in [0.29, 0.717) is 17.0 Å². The van der Waals surface area contributed by atoms with Crippen LogP contribution in [0, 0.1) is 5.92 Å². The van der Waals surface area contributed by atoms with Gasteiger partial charge in [-0.2, -0.15) is 0 Å². The van der Waals surface area contributed by atoms with Crippen molar-refractivity contribution in [3.63, 3.8) is 0 Å². The minimum absolute atomic E-state index is 0.0689. The van der Waals surface area contributed by atoms with Gasteiger partial charge in [-0.3, -0.25) is 9.69 Å². The number of nitrogens with zero attached hydrogens (tertiary/aromatic N) is 2. The van der Waals surface area contributed by atoms with Gasteiger partial charge >= 0.3 is 0 Å². The summed E-state index contributed by atoms with van der Waals surface area (Å²) in [6.07, 6.45) is 2.76. The lowest BCUT2D eigenvalue weighted by molar-refractivity contribution is 0.0631. The number of anilines is 1. The molecule has 1 aliphatic carbocycles. The van der Waals surface area contributed by atoms with Crippen molar-refractivity contribution in [1.29, 1.82) is 0 Å². The number of methoxy groups -OCH3 is 1. The van der Waals surface area contributed by atoms with Gasteiger partial charge in [0.2, 0.25) is 0 Å². The molecule has 114 valence electrons. The third kappa shape index (κ3) is 3.29. The van der Waals surface area contributed by atoms with Crippen molar-refractivity contribution in [2.45, 2.75) is 12.8 Å². The summed E-state index contributed by atoms with van der Waals surface area (Å²) in [4.78, 5) is 16.9. The monoisotopic (exact) mass is 289 g/mol. The second kappa shape index (κ2) is 5.93. The molecule has 2 aliphatic rings. The second-order valence-electron chi connectivity index (χ2n) is 5.99. The lowest BCUT2D eigenvalue weighted by Crippen LogP contribution is -2.49. The molecule has 0 unspecified atom stereocenters. The van der Waals surface area contributed by atoms with Crippen LogP contribution in [0.2, 0.25) is 0 Å². The van der Waals surface area contributed by atoms with Crippen LogP contribution in [0.15, 0.2) is 18.2 Å². The zero-order valence-corrected chi connectivity index (χ0v) is 12.5. The Morgan fingerprint density at radius 1 is 1.29 bits per heavy atom. The van der Waals surface area contributed by atoms with Gasteiger partial charge in [0.1, 0.15) is 5.75 Å². The van der Waals surface area contributed by atoms with E-state index in [1.165, 1.54) is 19.4 Å². The van der Waals surface area contributed by atoms with Crippen LogP contribution in [0.5, 0.6) is 5.75 Å². The Bertz CT molecular complexity index is 520. The third-order valence-electron chi connectivity index (χ3n) is 4.35.